The molecule has 1 aliphatic heterocycles. The van der Waals surface area contributed by atoms with Crippen molar-refractivity contribution >= 4 is 22.7 Å². The van der Waals surface area contributed by atoms with E-state index in [1.54, 1.807) is 24.1 Å². The second-order valence-electron chi connectivity index (χ2n) is 8.47. The fraction of sp³-hybridized carbons (Fsp3) is 0.385. The molecule has 0 bridgehead atoms. The normalized spacial score (nSPS) is 14.1. The maximum atomic E-state index is 12.8. The minimum Gasteiger partial charge on any atom is -0.497 e. The summed E-state index contributed by atoms with van der Waals surface area (Å²) in [5.41, 5.74) is 1.61. The van der Waals surface area contributed by atoms with Crippen molar-refractivity contribution in [3.63, 3.8) is 0 Å². The van der Waals surface area contributed by atoms with Crippen LogP contribution in [0.4, 0.5) is 0 Å². The van der Waals surface area contributed by atoms with Gasteiger partial charge in [0.05, 0.1) is 24.3 Å². The number of ether oxygens (including phenoxy) is 1. The highest BCUT2D eigenvalue weighted by Crippen LogP contribution is 2.14. The van der Waals surface area contributed by atoms with Crippen LogP contribution < -0.4 is 10.3 Å². The SMILES string of the molecule is COc1ccc(CCC(=O)N2CCCN(C(=O)CCn3cnc4ccccc4c3=O)CC2)cc1. The first-order valence-corrected chi connectivity index (χ1v) is 11.7. The van der Waals surface area contributed by atoms with Gasteiger partial charge in [0.1, 0.15) is 5.75 Å². The average molecular weight is 463 g/mol. The summed E-state index contributed by atoms with van der Waals surface area (Å²) in [4.78, 5) is 46.2. The minimum absolute atomic E-state index is 0.00686. The predicted octanol–water partition coefficient (Wildman–Crippen LogP) is 2.49. The molecule has 0 atom stereocenters. The predicted molar refractivity (Wildman–Crippen MR) is 130 cm³/mol. The molecule has 0 spiro atoms. The van der Waals surface area contributed by atoms with Crippen molar-refractivity contribution in [1.29, 1.82) is 0 Å². The molecular weight excluding hydrogens is 432 g/mol. The van der Waals surface area contributed by atoms with Crippen molar-refractivity contribution in [3.8, 4) is 5.75 Å². The first kappa shape index (κ1) is 23.5. The molecule has 2 heterocycles. The number of nitrogens with zero attached hydrogens (tertiary/aromatic N) is 4. The fourth-order valence-corrected chi connectivity index (χ4v) is 4.26. The van der Waals surface area contributed by atoms with Crippen LogP contribution in [-0.4, -0.2) is 64.5 Å². The Labute approximate surface area is 198 Å². The number of amides is 2. The standard InChI is InChI=1S/C26H30N4O4/c1-34-21-10-7-20(8-11-21)9-12-24(31)28-14-4-15-29(18-17-28)25(32)13-16-30-19-27-23-6-3-2-5-22(23)26(30)33/h2-3,5-8,10-11,19H,4,9,12-18H2,1H3. The summed E-state index contributed by atoms with van der Waals surface area (Å²) >= 11 is 0. The fourth-order valence-electron chi connectivity index (χ4n) is 4.26. The molecule has 0 unspecified atom stereocenters. The molecule has 2 amide bonds. The second kappa shape index (κ2) is 11.0. The first-order chi connectivity index (χ1) is 16.5. The van der Waals surface area contributed by atoms with Crippen LogP contribution in [0.2, 0.25) is 0 Å². The minimum atomic E-state index is -0.136. The van der Waals surface area contributed by atoms with Crippen LogP contribution in [-0.2, 0) is 22.6 Å². The Morgan fingerprint density at radius 3 is 2.29 bits per heavy atom. The number of fused-ring (bicyclic) bond motifs is 1. The highest BCUT2D eigenvalue weighted by Gasteiger charge is 2.22. The van der Waals surface area contributed by atoms with Crippen LogP contribution in [0.25, 0.3) is 10.9 Å². The molecule has 0 N–H and O–H groups in total. The molecule has 0 aliphatic carbocycles. The van der Waals surface area contributed by atoms with E-state index in [1.807, 2.05) is 41.3 Å². The number of para-hydroxylation sites is 1. The van der Waals surface area contributed by atoms with Gasteiger partial charge in [0.25, 0.3) is 5.56 Å². The molecule has 8 heteroatoms. The van der Waals surface area contributed by atoms with Crippen LogP contribution in [0.1, 0.15) is 24.8 Å². The highest BCUT2D eigenvalue weighted by molar-refractivity contribution is 5.78. The molecule has 1 aromatic heterocycles. The number of carbonyl (C=O) groups excluding carboxylic acids is 2. The third kappa shape index (κ3) is 5.62. The third-order valence-electron chi connectivity index (χ3n) is 6.29. The lowest BCUT2D eigenvalue weighted by Gasteiger charge is -2.22. The van der Waals surface area contributed by atoms with E-state index in [2.05, 4.69) is 4.98 Å². The van der Waals surface area contributed by atoms with E-state index in [0.29, 0.717) is 49.9 Å². The Kier molecular flexibility index (Phi) is 7.57. The van der Waals surface area contributed by atoms with Crippen molar-refractivity contribution < 1.29 is 14.3 Å². The lowest BCUT2D eigenvalue weighted by molar-refractivity contribution is -0.133. The van der Waals surface area contributed by atoms with E-state index in [1.165, 1.54) is 10.9 Å². The Hall–Kier alpha value is -3.68. The molecule has 4 rings (SSSR count). The van der Waals surface area contributed by atoms with E-state index in [9.17, 15) is 14.4 Å². The monoisotopic (exact) mass is 462 g/mol. The number of benzene rings is 2. The number of hydrogen-bond acceptors (Lipinski definition) is 5. The van der Waals surface area contributed by atoms with Crippen molar-refractivity contribution in [2.75, 3.05) is 33.3 Å². The van der Waals surface area contributed by atoms with Gasteiger partial charge in [-0.05, 0) is 42.7 Å². The maximum Gasteiger partial charge on any atom is 0.261 e. The summed E-state index contributed by atoms with van der Waals surface area (Å²) in [6, 6.07) is 15.0. The van der Waals surface area contributed by atoms with Gasteiger partial charge >= 0.3 is 0 Å². The molecule has 0 radical (unpaired) electrons. The Bertz CT molecular complexity index is 1210. The summed E-state index contributed by atoms with van der Waals surface area (Å²) in [6.45, 7) is 2.60. The highest BCUT2D eigenvalue weighted by atomic mass is 16.5. The summed E-state index contributed by atoms with van der Waals surface area (Å²) < 4.78 is 6.66. The van der Waals surface area contributed by atoms with Gasteiger partial charge in [-0.1, -0.05) is 24.3 Å². The number of hydrogen-bond donors (Lipinski definition) is 0. The summed E-state index contributed by atoms with van der Waals surface area (Å²) in [6.07, 6.45) is 3.60. The van der Waals surface area contributed by atoms with Crippen molar-refractivity contribution in [2.24, 2.45) is 0 Å². The van der Waals surface area contributed by atoms with E-state index >= 15 is 0 Å². The zero-order valence-corrected chi connectivity index (χ0v) is 19.5. The van der Waals surface area contributed by atoms with Crippen molar-refractivity contribution in [1.82, 2.24) is 19.4 Å². The zero-order valence-electron chi connectivity index (χ0n) is 19.5. The molecule has 2 aromatic carbocycles. The Balaban J connectivity index is 1.27. The van der Waals surface area contributed by atoms with E-state index in [0.717, 1.165) is 17.7 Å². The van der Waals surface area contributed by atoms with Crippen LogP contribution in [0, 0.1) is 0 Å². The van der Waals surface area contributed by atoms with Crippen molar-refractivity contribution in [2.45, 2.75) is 32.2 Å². The second-order valence-corrected chi connectivity index (χ2v) is 8.47. The average Bonchev–Trinajstić information content (AvgIpc) is 3.14. The smallest absolute Gasteiger partial charge is 0.261 e. The van der Waals surface area contributed by atoms with Gasteiger partial charge in [-0.2, -0.15) is 0 Å². The van der Waals surface area contributed by atoms with E-state index < -0.39 is 0 Å². The summed E-state index contributed by atoms with van der Waals surface area (Å²) in [5, 5.41) is 0.552. The van der Waals surface area contributed by atoms with Gasteiger partial charge in [-0.15, -0.1) is 0 Å². The zero-order chi connectivity index (χ0) is 23.9. The van der Waals surface area contributed by atoms with Crippen molar-refractivity contribution in [3.05, 3.63) is 70.8 Å². The lowest BCUT2D eigenvalue weighted by Crippen LogP contribution is -2.38. The molecule has 1 aliphatic rings. The molecule has 3 aromatic rings. The first-order valence-electron chi connectivity index (χ1n) is 11.7. The molecule has 34 heavy (non-hydrogen) atoms. The van der Waals surface area contributed by atoms with Gasteiger partial charge in [0, 0.05) is 45.6 Å². The van der Waals surface area contributed by atoms with Crippen LogP contribution in [0.3, 0.4) is 0 Å². The lowest BCUT2D eigenvalue weighted by atomic mass is 10.1. The number of aryl methyl sites for hydroxylation is 2. The number of aromatic nitrogens is 2. The summed E-state index contributed by atoms with van der Waals surface area (Å²) in [5.74, 6) is 0.903. The van der Waals surface area contributed by atoms with Crippen LogP contribution in [0.15, 0.2) is 59.7 Å². The molecule has 0 saturated carbocycles. The van der Waals surface area contributed by atoms with Gasteiger partial charge in [0.15, 0.2) is 0 Å². The Morgan fingerprint density at radius 2 is 1.59 bits per heavy atom. The quantitative estimate of drug-likeness (QED) is 0.539. The Morgan fingerprint density at radius 1 is 0.912 bits per heavy atom. The van der Waals surface area contributed by atoms with E-state index in [-0.39, 0.29) is 30.3 Å². The largest absolute Gasteiger partial charge is 0.497 e. The number of methoxy groups -OCH3 is 1. The number of rotatable bonds is 7. The van der Waals surface area contributed by atoms with Gasteiger partial charge in [0.2, 0.25) is 11.8 Å². The maximum absolute atomic E-state index is 12.8. The van der Waals surface area contributed by atoms with E-state index in [4.69, 9.17) is 4.74 Å². The van der Waals surface area contributed by atoms with Crippen LogP contribution in [0.5, 0.6) is 5.75 Å². The van der Waals surface area contributed by atoms with Crippen LogP contribution >= 0.6 is 0 Å². The molecule has 1 saturated heterocycles. The third-order valence-corrected chi connectivity index (χ3v) is 6.29. The molecular formula is C26H30N4O4. The topological polar surface area (TPSA) is 84.7 Å². The molecule has 8 nitrogen and oxygen atoms in total. The summed E-state index contributed by atoms with van der Waals surface area (Å²) in [7, 11) is 1.63. The molecule has 178 valence electrons. The molecule has 1 fully saturated rings. The van der Waals surface area contributed by atoms with Gasteiger partial charge < -0.3 is 14.5 Å². The number of carbonyl (C=O) groups is 2. The van der Waals surface area contributed by atoms with Gasteiger partial charge in [-0.25, -0.2) is 4.98 Å². The van der Waals surface area contributed by atoms with Gasteiger partial charge in [-0.3, -0.25) is 19.0 Å².